The van der Waals surface area contributed by atoms with Gasteiger partial charge in [-0.1, -0.05) is 35.5 Å². The number of benzene rings is 2. The van der Waals surface area contributed by atoms with Crippen LogP contribution >= 0.6 is 11.3 Å². The Morgan fingerprint density at radius 1 is 1.00 bits per heavy atom. The number of thiophene rings is 1. The molecule has 0 bridgehead atoms. The fourth-order valence-electron chi connectivity index (χ4n) is 2.17. The summed E-state index contributed by atoms with van der Waals surface area (Å²) in [5.41, 5.74) is 0.728. The van der Waals surface area contributed by atoms with Gasteiger partial charge in [-0.05, 0) is 29.7 Å². The molecule has 102 valence electrons. The van der Waals surface area contributed by atoms with E-state index in [1.165, 1.54) is 4.70 Å². The first-order valence-corrected chi connectivity index (χ1v) is 7.23. The van der Waals surface area contributed by atoms with E-state index in [4.69, 9.17) is 4.52 Å². The monoisotopic (exact) mass is 294 g/mol. The molecule has 0 aliphatic heterocycles. The summed E-state index contributed by atoms with van der Waals surface area (Å²) in [6, 6.07) is 17.0. The molecule has 0 spiro atoms. The molecular weight excluding hydrogens is 284 g/mol. The molecule has 4 nitrogen and oxygen atoms in total. The molecule has 0 saturated heterocycles. The van der Waals surface area contributed by atoms with Crippen molar-refractivity contribution in [2.45, 2.75) is 0 Å². The second-order valence-corrected chi connectivity index (χ2v) is 5.71. The highest BCUT2D eigenvalue weighted by molar-refractivity contribution is 7.22. The van der Waals surface area contributed by atoms with Crippen molar-refractivity contribution in [3.8, 4) is 27.9 Å². The molecule has 4 rings (SSSR count). The number of phenols is 1. The molecule has 21 heavy (non-hydrogen) atoms. The van der Waals surface area contributed by atoms with Gasteiger partial charge in [-0.2, -0.15) is 4.98 Å². The van der Waals surface area contributed by atoms with Crippen LogP contribution in [0.4, 0.5) is 0 Å². The fraction of sp³-hybridized carbons (Fsp3) is 0. The molecule has 0 fully saturated rings. The number of fused-ring (bicyclic) bond motifs is 1. The zero-order valence-electron chi connectivity index (χ0n) is 10.9. The number of nitrogens with zero attached hydrogens (tertiary/aromatic N) is 2. The third-order valence-electron chi connectivity index (χ3n) is 3.17. The topological polar surface area (TPSA) is 59.2 Å². The highest BCUT2D eigenvalue weighted by Gasteiger charge is 2.13. The molecule has 0 aliphatic carbocycles. The molecule has 0 atom stereocenters. The van der Waals surface area contributed by atoms with E-state index in [0.717, 1.165) is 15.8 Å². The molecule has 5 heteroatoms. The molecule has 0 unspecified atom stereocenters. The van der Waals surface area contributed by atoms with Crippen LogP contribution < -0.4 is 0 Å². The first-order valence-electron chi connectivity index (χ1n) is 6.42. The highest BCUT2D eigenvalue weighted by Crippen LogP contribution is 2.33. The van der Waals surface area contributed by atoms with E-state index in [1.807, 2.05) is 24.3 Å². The van der Waals surface area contributed by atoms with E-state index >= 15 is 0 Å². The Hall–Kier alpha value is -2.66. The van der Waals surface area contributed by atoms with Crippen LogP contribution in [0.2, 0.25) is 0 Å². The summed E-state index contributed by atoms with van der Waals surface area (Å²) in [4.78, 5) is 5.35. The van der Waals surface area contributed by atoms with Gasteiger partial charge in [0, 0.05) is 10.3 Å². The Bertz CT molecular complexity index is 894. The number of hydrogen-bond donors (Lipinski definition) is 1. The van der Waals surface area contributed by atoms with Gasteiger partial charge in [0.1, 0.15) is 5.75 Å². The van der Waals surface area contributed by atoms with E-state index in [1.54, 1.807) is 29.5 Å². The van der Waals surface area contributed by atoms with Crippen molar-refractivity contribution in [2.24, 2.45) is 0 Å². The SMILES string of the molecule is Oc1cccc(-c2noc(-c3cc4ccccc4s3)n2)c1. The molecule has 2 heterocycles. The summed E-state index contributed by atoms with van der Waals surface area (Å²) in [7, 11) is 0. The molecule has 0 aliphatic rings. The van der Waals surface area contributed by atoms with Gasteiger partial charge in [0.15, 0.2) is 0 Å². The summed E-state index contributed by atoms with van der Waals surface area (Å²) >= 11 is 1.62. The predicted molar refractivity (Wildman–Crippen MR) is 82.2 cm³/mol. The van der Waals surface area contributed by atoms with Gasteiger partial charge in [-0.15, -0.1) is 11.3 Å². The Kier molecular flexibility index (Phi) is 2.72. The van der Waals surface area contributed by atoms with Gasteiger partial charge in [0.05, 0.1) is 4.88 Å². The second-order valence-electron chi connectivity index (χ2n) is 4.62. The van der Waals surface area contributed by atoms with Gasteiger partial charge in [-0.3, -0.25) is 0 Å². The fourth-order valence-corrected chi connectivity index (χ4v) is 3.16. The zero-order chi connectivity index (χ0) is 14.2. The molecule has 4 aromatic rings. The number of phenolic OH excluding ortho intramolecular Hbond substituents is 1. The first-order chi connectivity index (χ1) is 10.3. The standard InChI is InChI=1S/C16H10N2O2S/c19-12-6-3-5-11(8-12)15-17-16(20-18-15)14-9-10-4-1-2-7-13(10)21-14/h1-9,19H. The second kappa shape index (κ2) is 4.71. The summed E-state index contributed by atoms with van der Waals surface area (Å²) < 4.78 is 6.53. The molecule has 0 saturated carbocycles. The Morgan fingerprint density at radius 3 is 2.76 bits per heavy atom. The average molecular weight is 294 g/mol. The molecule has 1 N–H and O–H groups in total. The van der Waals surface area contributed by atoms with Gasteiger partial charge in [0.2, 0.25) is 5.82 Å². The summed E-state index contributed by atoms with van der Waals surface area (Å²) in [6.45, 7) is 0. The molecule has 2 aromatic carbocycles. The van der Waals surface area contributed by atoms with Crippen LogP contribution in [0.5, 0.6) is 5.75 Å². The Morgan fingerprint density at radius 2 is 1.90 bits per heavy atom. The van der Waals surface area contributed by atoms with Crippen LogP contribution in [-0.4, -0.2) is 15.2 Å². The largest absolute Gasteiger partial charge is 0.508 e. The van der Waals surface area contributed by atoms with Gasteiger partial charge in [0.25, 0.3) is 5.89 Å². The lowest BCUT2D eigenvalue weighted by atomic mass is 10.2. The van der Waals surface area contributed by atoms with Crippen LogP contribution in [0.15, 0.2) is 59.1 Å². The lowest BCUT2D eigenvalue weighted by Gasteiger charge is -1.94. The van der Waals surface area contributed by atoms with Gasteiger partial charge < -0.3 is 9.63 Å². The van der Waals surface area contributed by atoms with Crippen LogP contribution in [-0.2, 0) is 0 Å². The number of rotatable bonds is 2. The third kappa shape index (κ3) is 2.17. The van der Waals surface area contributed by atoms with E-state index in [9.17, 15) is 5.11 Å². The van der Waals surface area contributed by atoms with Gasteiger partial charge >= 0.3 is 0 Å². The van der Waals surface area contributed by atoms with Gasteiger partial charge in [-0.25, -0.2) is 0 Å². The maximum absolute atomic E-state index is 9.51. The average Bonchev–Trinajstić information content (AvgIpc) is 3.14. The normalized spacial score (nSPS) is 11.0. The minimum Gasteiger partial charge on any atom is -0.508 e. The van der Waals surface area contributed by atoms with Crippen molar-refractivity contribution in [3.63, 3.8) is 0 Å². The van der Waals surface area contributed by atoms with Crippen molar-refractivity contribution >= 4 is 21.4 Å². The molecule has 0 amide bonds. The first kappa shape index (κ1) is 12.1. The minimum absolute atomic E-state index is 0.181. The van der Waals surface area contributed by atoms with Crippen molar-refractivity contribution < 1.29 is 9.63 Å². The van der Waals surface area contributed by atoms with Crippen molar-refractivity contribution in [1.29, 1.82) is 0 Å². The van der Waals surface area contributed by atoms with Crippen molar-refractivity contribution in [1.82, 2.24) is 10.1 Å². The van der Waals surface area contributed by atoms with Crippen molar-refractivity contribution in [2.75, 3.05) is 0 Å². The van der Waals surface area contributed by atoms with Crippen molar-refractivity contribution in [3.05, 3.63) is 54.6 Å². The zero-order valence-corrected chi connectivity index (χ0v) is 11.7. The van der Waals surface area contributed by atoms with Crippen LogP contribution in [0.3, 0.4) is 0 Å². The smallest absolute Gasteiger partial charge is 0.268 e. The minimum atomic E-state index is 0.181. The number of aromatic nitrogens is 2. The van der Waals surface area contributed by atoms with E-state index in [0.29, 0.717) is 11.7 Å². The number of hydrogen-bond acceptors (Lipinski definition) is 5. The van der Waals surface area contributed by atoms with E-state index in [2.05, 4.69) is 22.3 Å². The lowest BCUT2D eigenvalue weighted by molar-refractivity contribution is 0.433. The predicted octanol–water partition coefficient (Wildman–Crippen LogP) is 4.32. The maximum Gasteiger partial charge on any atom is 0.268 e. The highest BCUT2D eigenvalue weighted by atomic mass is 32.1. The Balaban J connectivity index is 1.77. The molecule has 2 aromatic heterocycles. The molecular formula is C16H10N2O2S. The van der Waals surface area contributed by atoms with E-state index < -0.39 is 0 Å². The summed E-state index contributed by atoms with van der Waals surface area (Å²) in [5, 5.41) is 14.7. The quantitative estimate of drug-likeness (QED) is 0.598. The number of aromatic hydroxyl groups is 1. The summed E-state index contributed by atoms with van der Waals surface area (Å²) in [6.07, 6.45) is 0. The van der Waals surface area contributed by atoms with Crippen LogP contribution in [0, 0.1) is 0 Å². The van der Waals surface area contributed by atoms with Crippen LogP contribution in [0.25, 0.3) is 32.2 Å². The summed E-state index contributed by atoms with van der Waals surface area (Å²) in [5.74, 6) is 1.15. The lowest BCUT2D eigenvalue weighted by Crippen LogP contribution is -1.79. The Labute approximate surface area is 124 Å². The van der Waals surface area contributed by atoms with E-state index in [-0.39, 0.29) is 5.75 Å². The molecule has 0 radical (unpaired) electrons. The maximum atomic E-state index is 9.51. The van der Waals surface area contributed by atoms with Crippen LogP contribution in [0.1, 0.15) is 0 Å². The third-order valence-corrected chi connectivity index (χ3v) is 4.27.